The molecule has 4 rings (SSSR count). The Morgan fingerprint density at radius 3 is 2.79 bits per heavy atom. The second kappa shape index (κ2) is 7.01. The van der Waals surface area contributed by atoms with Crippen molar-refractivity contribution in [3.05, 3.63) is 35.1 Å². The Bertz CT molecular complexity index is 705. The van der Waals surface area contributed by atoms with Crippen LogP contribution in [0.3, 0.4) is 0 Å². The fourth-order valence-corrected chi connectivity index (χ4v) is 4.93. The van der Waals surface area contributed by atoms with Gasteiger partial charge in [-0.1, -0.05) is 12.8 Å². The summed E-state index contributed by atoms with van der Waals surface area (Å²) in [7, 11) is 0. The van der Waals surface area contributed by atoms with Gasteiger partial charge in [-0.15, -0.1) is 11.3 Å². The van der Waals surface area contributed by atoms with E-state index in [-0.39, 0.29) is 5.92 Å². The molecule has 1 fully saturated rings. The van der Waals surface area contributed by atoms with Crippen LogP contribution >= 0.6 is 11.3 Å². The molecule has 0 N–H and O–H groups in total. The molecule has 1 atom stereocenters. The lowest BCUT2D eigenvalue weighted by molar-refractivity contribution is -0.135. The van der Waals surface area contributed by atoms with Crippen molar-refractivity contribution in [3.63, 3.8) is 0 Å². The average Bonchev–Trinajstić information content (AvgIpc) is 2.87. The minimum atomic E-state index is 0.151. The van der Waals surface area contributed by atoms with Crippen LogP contribution in [0.1, 0.15) is 42.7 Å². The minimum Gasteiger partial charge on any atom is -0.342 e. The Kier molecular flexibility index (Phi) is 4.60. The molecular formula is C19H23N3OS. The van der Waals surface area contributed by atoms with Crippen LogP contribution in [0.5, 0.6) is 0 Å². The fourth-order valence-electron chi connectivity index (χ4n) is 3.75. The Labute approximate surface area is 146 Å². The molecule has 0 saturated carbocycles. The van der Waals surface area contributed by atoms with E-state index in [4.69, 9.17) is 4.98 Å². The molecule has 1 aliphatic carbocycles. The highest BCUT2D eigenvalue weighted by Crippen LogP contribution is 2.35. The lowest BCUT2D eigenvalue weighted by Gasteiger charge is -2.28. The number of carbonyl (C=O) groups excluding carboxylic acids is 1. The molecule has 2 aromatic heterocycles. The maximum atomic E-state index is 12.9. The Morgan fingerprint density at radius 1 is 1.21 bits per heavy atom. The number of pyridine rings is 1. The third-order valence-corrected chi connectivity index (χ3v) is 6.28. The number of aryl methyl sites for hydroxylation is 1. The molecule has 4 nitrogen and oxygen atoms in total. The number of hydrogen-bond acceptors (Lipinski definition) is 4. The van der Waals surface area contributed by atoms with E-state index in [0.29, 0.717) is 5.91 Å². The first-order valence-electron chi connectivity index (χ1n) is 8.99. The molecule has 0 radical (unpaired) electrons. The van der Waals surface area contributed by atoms with E-state index < -0.39 is 0 Å². The van der Waals surface area contributed by atoms with E-state index in [1.54, 1.807) is 17.5 Å². The van der Waals surface area contributed by atoms with Gasteiger partial charge >= 0.3 is 0 Å². The van der Waals surface area contributed by atoms with Gasteiger partial charge < -0.3 is 4.90 Å². The topological polar surface area (TPSA) is 46.1 Å². The van der Waals surface area contributed by atoms with Crippen LogP contribution < -0.4 is 0 Å². The Balaban J connectivity index is 1.49. The standard InChI is InChI=1S/C19H23N3OS/c23-19(22-10-3-1-2-4-11-22)14-7-8-16-17(12-14)24-18(21-16)15-6-5-9-20-13-15/h5-6,9,13-14H,1-4,7-8,10-12H2. The molecule has 126 valence electrons. The van der Waals surface area contributed by atoms with Crippen molar-refractivity contribution >= 4 is 17.2 Å². The maximum absolute atomic E-state index is 12.9. The molecule has 1 aliphatic heterocycles. The van der Waals surface area contributed by atoms with Crippen molar-refractivity contribution in [2.45, 2.75) is 44.9 Å². The zero-order valence-electron chi connectivity index (χ0n) is 13.9. The zero-order valence-corrected chi connectivity index (χ0v) is 14.7. The van der Waals surface area contributed by atoms with E-state index in [0.717, 1.165) is 55.8 Å². The summed E-state index contributed by atoms with van der Waals surface area (Å²) < 4.78 is 0. The van der Waals surface area contributed by atoms with Crippen molar-refractivity contribution in [2.75, 3.05) is 13.1 Å². The van der Waals surface area contributed by atoms with Crippen molar-refractivity contribution < 1.29 is 4.79 Å². The second-order valence-electron chi connectivity index (χ2n) is 6.81. The smallest absolute Gasteiger partial charge is 0.226 e. The summed E-state index contributed by atoms with van der Waals surface area (Å²) in [5, 5.41) is 1.04. The summed E-state index contributed by atoms with van der Waals surface area (Å²) >= 11 is 1.74. The molecule has 3 heterocycles. The Hall–Kier alpha value is -1.75. The lowest BCUT2D eigenvalue weighted by atomic mass is 9.90. The molecule has 0 bridgehead atoms. The normalized spacial score (nSPS) is 21.2. The van der Waals surface area contributed by atoms with Crippen LogP contribution in [0.15, 0.2) is 24.5 Å². The van der Waals surface area contributed by atoms with Crippen LogP contribution in [0, 0.1) is 5.92 Å². The predicted octanol–water partition coefficient (Wildman–Crippen LogP) is 3.71. The molecule has 1 unspecified atom stereocenters. The SMILES string of the molecule is O=C(C1CCc2nc(-c3cccnc3)sc2C1)N1CCCCCC1. The first-order valence-corrected chi connectivity index (χ1v) is 9.80. The zero-order chi connectivity index (χ0) is 16.4. The van der Waals surface area contributed by atoms with E-state index in [1.165, 1.54) is 23.4 Å². The van der Waals surface area contributed by atoms with Crippen LogP contribution in [-0.2, 0) is 17.6 Å². The molecule has 2 aliphatic rings. The van der Waals surface area contributed by atoms with Crippen LogP contribution in [-0.4, -0.2) is 33.9 Å². The number of likely N-dealkylation sites (tertiary alicyclic amines) is 1. The highest BCUT2D eigenvalue weighted by Gasteiger charge is 2.30. The monoisotopic (exact) mass is 341 g/mol. The molecule has 0 aromatic carbocycles. The van der Waals surface area contributed by atoms with Crippen LogP contribution in [0.4, 0.5) is 0 Å². The van der Waals surface area contributed by atoms with Gasteiger partial charge in [-0.3, -0.25) is 9.78 Å². The minimum absolute atomic E-state index is 0.151. The average molecular weight is 341 g/mol. The van der Waals surface area contributed by atoms with E-state index >= 15 is 0 Å². The van der Waals surface area contributed by atoms with E-state index in [9.17, 15) is 4.79 Å². The molecule has 2 aromatic rings. The van der Waals surface area contributed by atoms with Gasteiger partial charge in [0.05, 0.1) is 5.69 Å². The summed E-state index contributed by atoms with van der Waals surface area (Å²) in [6.45, 7) is 1.90. The summed E-state index contributed by atoms with van der Waals surface area (Å²) in [5.74, 6) is 0.525. The van der Waals surface area contributed by atoms with Gasteiger partial charge in [0.25, 0.3) is 0 Å². The van der Waals surface area contributed by atoms with Crippen molar-refractivity contribution in [3.8, 4) is 10.6 Å². The third-order valence-electron chi connectivity index (χ3n) is 5.12. The highest BCUT2D eigenvalue weighted by molar-refractivity contribution is 7.15. The number of aromatic nitrogens is 2. The van der Waals surface area contributed by atoms with Gasteiger partial charge in [0.2, 0.25) is 5.91 Å². The van der Waals surface area contributed by atoms with E-state index in [1.807, 2.05) is 12.3 Å². The first kappa shape index (κ1) is 15.8. The van der Waals surface area contributed by atoms with Crippen molar-refractivity contribution in [1.82, 2.24) is 14.9 Å². The fraction of sp³-hybridized carbons (Fsp3) is 0.526. The van der Waals surface area contributed by atoms with Gasteiger partial charge in [0.1, 0.15) is 5.01 Å². The summed E-state index contributed by atoms with van der Waals surface area (Å²) in [4.78, 5) is 25.3. The Morgan fingerprint density at radius 2 is 2.04 bits per heavy atom. The molecule has 1 saturated heterocycles. The largest absolute Gasteiger partial charge is 0.342 e. The summed E-state index contributed by atoms with van der Waals surface area (Å²) in [6.07, 6.45) is 11.2. The number of hydrogen-bond donors (Lipinski definition) is 0. The van der Waals surface area contributed by atoms with Gasteiger partial charge in [-0.25, -0.2) is 4.98 Å². The number of fused-ring (bicyclic) bond motifs is 1. The number of rotatable bonds is 2. The number of nitrogens with zero attached hydrogens (tertiary/aromatic N) is 3. The van der Waals surface area contributed by atoms with Crippen LogP contribution in [0.25, 0.3) is 10.6 Å². The maximum Gasteiger partial charge on any atom is 0.226 e. The van der Waals surface area contributed by atoms with Crippen LogP contribution in [0.2, 0.25) is 0 Å². The molecule has 0 spiro atoms. The quantitative estimate of drug-likeness (QED) is 0.836. The summed E-state index contributed by atoms with van der Waals surface area (Å²) in [6, 6.07) is 4.00. The van der Waals surface area contributed by atoms with E-state index in [2.05, 4.69) is 16.0 Å². The molecule has 5 heteroatoms. The number of thiazole rings is 1. The molecule has 24 heavy (non-hydrogen) atoms. The van der Waals surface area contributed by atoms with Gasteiger partial charge in [-0.2, -0.15) is 0 Å². The third kappa shape index (κ3) is 3.22. The van der Waals surface area contributed by atoms with Crippen molar-refractivity contribution in [2.24, 2.45) is 5.92 Å². The highest BCUT2D eigenvalue weighted by atomic mass is 32.1. The lowest BCUT2D eigenvalue weighted by Crippen LogP contribution is -2.38. The number of carbonyl (C=O) groups is 1. The second-order valence-corrected chi connectivity index (χ2v) is 7.89. The number of amides is 1. The molecular weight excluding hydrogens is 318 g/mol. The molecule has 1 amide bonds. The first-order chi connectivity index (χ1) is 11.8. The summed E-state index contributed by atoms with van der Waals surface area (Å²) in [5.41, 5.74) is 2.27. The van der Waals surface area contributed by atoms with Gasteiger partial charge in [0.15, 0.2) is 0 Å². The predicted molar refractivity (Wildman–Crippen MR) is 95.9 cm³/mol. The van der Waals surface area contributed by atoms with Gasteiger partial charge in [0, 0.05) is 41.8 Å². The van der Waals surface area contributed by atoms with Crippen molar-refractivity contribution in [1.29, 1.82) is 0 Å². The van der Waals surface area contributed by atoms with Gasteiger partial charge in [-0.05, 0) is 44.2 Å².